The lowest BCUT2D eigenvalue weighted by molar-refractivity contribution is -0.112. The van der Waals surface area contributed by atoms with Gasteiger partial charge in [-0.05, 0) is 42.5 Å². The molecule has 0 aliphatic carbocycles. The van der Waals surface area contributed by atoms with E-state index in [9.17, 15) is 10.1 Å². The molecule has 0 aromatic heterocycles. The number of anilines is 1. The van der Waals surface area contributed by atoms with Crippen LogP contribution in [0.1, 0.15) is 5.56 Å². The number of nitriles is 1. The summed E-state index contributed by atoms with van der Waals surface area (Å²) in [7, 11) is 0. The number of ether oxygens (including phenoxy) is 1. The van der Waals surface area contributed by atoms with Gasteiger partial charge in [-0.3, -0.25) is 4.79 Å². The lowest BCUT2D eigenvalue weighted by Gasteiger charge is -2.09. The van der Waals surface area contributed by atoms with Crippen LogP contribution in [0, 0.1) is 11.3 Å². The summed E-state index contributed by atoms with van der Waals surface area (Å²) in [6.07, 6.45) is 2.99. The maximum absolute atomic E-state index is 12.4. The van der Waals surface area contributed by atoms with Gasteiger partial charge >= 0.3 is 0 Å². The van der Waals surface area contributed by atoms with Crippen molar-refractivity contribution in [2.75, 3.05) is 11.9 Å². The zero-order valence-corrected chi connectivity index (χ0v) is 15.7. The molecule has 0 aliphatic heterocycles. The smallest absolute Gasteiger partial charge is 0.266 e. The van der Waals surface area contributed by atoms with E-state index in [1.165, 1.54) is 12.1 Å². The quantitative estimate of drug-likeness (QED) is 0.376. The van der Waals surface area contributed by atoms with Gasteiger partial charge in [0.25, 0.3) is 5.91 Å². The van der Waals surface area contributed by atoms with Crippen molar-refractivity contribution in [1.29, 1.82) is 5.26 Å². The van der Waals surface area contributed by atoms with Crippen LogP contribution in [0.2, 0.25) is 15.1 Å². The van der Waals surface area contributed by atoms with Crippen LogP contribution in [0.3, 0.4) is 0 Å². The molecule has 0 atom stereocenters. The third-order valence-electron chi connectivity index (χ3n) is 3.17. The van der Waals surface area contributed by atoms with Crippen LogP contribution in [0.15, 0.2) is 54.6 Å². The number of hydrogen-bond acceptors (Lipinski definition) is 3. The van der Waals surface area contributed by atoms with Crippen molar-refractivity contribution < 1.29 is 9.53 Å². The van der Waals surface area contributed by atoms with Crippen LogP contribution in [-0.4, -0.2) is 12.5 Å². The molecule has 1 amide bonds. The SMILES string of the molecule is C=CCOc1ccc(Cl)cc1/C=C(\C#N)C(=O)Nc1ccc(Cl)c(Cl)c1. The van der Waals surface area contributed by atoms with E-state index in [0.717, 1.165) is 0 Å². The first-order chi connectivity index (χ1) is 12.4. The highest BCUT2D eigenvalue weighted by atomic mass is 35.5. The summed E-state index contributed by atoms with van der Waals surface area (Å²) in [4.78, 5) is 12.4. The number of nitrogens with zero attached hydrogens (tertiary/aromatic N) is 1. The van der Waals surface area contributed by atoms with Gasteiger partial charge in [0.05, 0.1) is 10.0 Å². The van der Waals surface area contributed by atoms with Crippen LogP contribution in [0.5, 0.6) is 5.75 Å². The van der Waals surface area contributed by atoms with Crippen molar-refractivity contribution in [3.63, 3.8) is 0 Å². The molecule has 7 heteroatoms. The van der Waals surface area contributed by atoms with Gasteiger partial charge in [-0.25, -0.2) is 0 Å². The number of carbonyl (C=O) groups excluding carboxylic acids is 1. The Labute approximate surface area is 166 Å². The van der Waals surface area contributed by atoms with Crippen molar-refractivity contribution in [3.8, 4) is 11.8 Å². The summed E-state index contributed by atoms with van der Waals surface area (Å²) in [6.45, 7) is 3.86. The van der Waals surface area contributed by atoms with Crippen molar-refractivity contribution in [3.05, 3.63) is 75.3 Å². The fourth-order valence-corrected chi connectivity index (χ4v) is 2.47. The summed E-state index contributed by atoms with van der Waals surface area (Å²) < 4.78 is 5.52. The minimum absolute atomic E-state index is 0.123. The largest absolute Gasteiger partial charge is 0.489 e. The van der Waals surface area contributed by atoms with Crippen LogP contribution in [0.25, 0.3) is 6.08 Å². The van der Waals surface area contributed by atoms with Crippen molar-refractivity contribution in [2.24, 2.45) is 0 Å². The standard InChI is InChI=1S/C19H13Cl3N2O2/c1-2-7-26-18-6-3-14(20)9-12(18)8-13(11-23)19(25)24-15-4-5-16(21)17(22)10-15/h2-6,8-10H,1,7H2,(H,24,25)/b13-8+. The van der Waals surface area contributed by atoms with E-state index < -0.39 is 5.91 Å². The maximum atomic E-state index is 12.4. The number of halogens is 3. The second-order valence-electron chi connectivity index (χ2n) is 5.03. The highest BCUT2D eigenvalue weighted by Crippen LogP contribution is 2.27. The van der Waals surface area contributed by atoms with Gasteiger partial charge in [0.2, 0.25) is 0 Å². The molecule has 0 unspecified atom stereocenters. The molecule has 0 radical (unpaired) electrons. The second-order valence-corrected chi connectivity index (χ2v) is 6.29. The molecule has 0 bridgehead atoms. The maximum Gasteiger partial charge on any atom is 0.266 e. The molecule has 2 rings (SSSR count). The Morgan fingerprint density at radius 3 is 2.62 bits per heavy atom. The van der Waals surface area contributed by atoms with Gasteiger partial charge in [0, 0.05) is 16.3 Å². The number of hydrogen-bond donors (Lipinski definition) is 1. The molecular formula is C19H13Cl3N2O2. The number of rotatable bonds is 6. The Morgan fingerprint density at radius 1 is 1.19 bits per heavy atom. The Kier molecular flexibility index (Phi) is 7.11. The summed E-state index contributed by atoms with van der Waals surface area (Å²) in [5.74, 6) is -0.120. The topological polar surface area (TPSA) is 62.1 Å². The second kappa shape index (κ2) is 9.30. The van der Waals surface area contributed by atoms with Crippen molar-refractivity contribution in [1.82, 2.24) is 0 Å². The predicted molar refractivity (Wildman–Crippen MR) is 106 cm³/mol. The van der Waals surface area contributed by atoms with Crippen LogP contribution < -0.4 is 10.1 Å². The minimum atomic E-state index is -0.597. The Hall–Kier alpha value is -2.45. The van der Waals surface area contributed by atoms with E-state index in [2.05, 4.69) is 11.9 Å². The van der Waals surface area contributed by atoms with Crippen LogP contribution >= 0.6 is 34.8 Å². The monoisotopic (exact) mass is 406 g/mol. The average Bonchev–Trinajstić information content (AvgIpc) is 2.62. The highest BCUT2D eigenvalue weighted by molar-refractivity contribution is 6.42. The first kappa shape index (κ1) is 19.9. The number of amides is 1. The molecule has 0 aliphatic rings. The highest BCUT2D eigenvalue weighted by Gasteiger charge is 2.12. The Bertz CT molecular complexity index is 917. The predicted octanol–water partition coefficient (Wildman–Crippen LogP) is 5.76. The van der Waals surface area contributed by atoms with E-state index in [-0.39, 0.29) is 12.2 Å². The summed E-state index contributed by atoms with van der Waals surface area (Å²) in [6, 6.07) is 11.4. The average molecular weight is 408 g/mol. The molecular weight excluding hydrogens is 395 g/mol. The molecule has 0 spiro atoms. The molecule has 0 fully saturated rings. The van der Waals surface area contributed by atoms with Crippen LogP contribution in [-0.2, 0) is 4.79 Å². The Balaban J connectivity index is 2.30. The van der Waals surface area contributed by atoms with Crippen molar-refractivity contribution in [2.45, 2.75) is 0 Å². The van der Waals surface area contributed by atoms with Gasteiger partial charge in [0.1, 0.15) is 24.0 Å². The van der Waals surface area contributed by atoms with Crippen molar-refractivity contribution >= 4 is 52.5 Å². The first-order valence-electron chi connectivity index (χ1n) is 7.36. The normalized spacial score (nSPS) is 10.8. The van der Waals surface area contributed by atoms with Gasteiger partial charge in [-0.15, -0.1) is 0 Å². The summed E-state index contributed by atoms with van der Waals surface area (Å²) in [5, 5.41) is 13.1. The van der Waals surface area contributed by atoms with Gasteiger partial charge in [-0.2, -0.15) is 5.26 Å². The zero-order valence-electron chi connectivity index (χ0n) is 13.4. The van der Waals surface area contributed by atoms with E-state index >= 15 is 0 Å². The van der Waals surface area contributed by atoms with Gasteiger partial charge < -0.3 is 10.1 Å². The number of nitrogens with one attached hydrogen (secondary N) is 1. The van der Waals surface area contributed by atoms with Gasteiger partial charge in [-0.1, -0.05) is 47.5 Å². The van der Waals surface area contributed by atoms with E-state index in [1.54, 1.807) is 36.4 Å². The summed E-state index contributed by atoms with van der Waals surface area (Å²) in [5.41, 5.74) is 0.793. The molecule has 2 aromatic rings. The third kappa shape index (κ3) is 5.27. The molecule has 0 saturated heterocycles. The molecule has 26 heavy (non-hydrogen) atoms. The van der Waals surface area contributed by atoms with Crippen LogP contribution in [0.4, 0.5) is 5.69 Å². The third-order valence-corrected chi connectivity index (χ3v) is 4.15. The van der Waals surface area contributed by atoms with Gasteiger partial charge in [0.15, 0.2) is 0 Å². The van der Waals surface area contributed by atoms with E-state index in [4.69, 9.17) is 39.5 Å². The van der Waals surface area contributed by atoms with E-state index in [0.29, 0.717) is 32.1 Å². The fraction of sp³-hybridized carbons (Fsp3) is 0.0526. The molecule has 0 saturated carbocycles. The first-order valence-corrected chi connectivity index (χ1v) is 8.49. The lowest BCUT2D eigenvalue weighted by atomic mass is 10.1. The zero-order chi connectivity index (χ0) is 19.1. The molecule has 1 N–H and O–H groups in total. The number of carbonyl (C=O) groups is 1. The Morgan fingerprint density at radius 2 is 1.96 bits per heavy atom. The lowest BCUT2D eigenvalue weighted by Crippen LogP contribution is -2.13. The molecule has 132 valence electrons. The number of benzene rings is 2. The molecule has 0 heterocycles. The van der Waals surface area contributed by atoms with E-state index in [1.807, 2.05) is 6.07 Å². The molecule has 4 nitrogen and oxygen atoms in total. The molecule has 2 aromatic carbocycles. The minimum Gasteiger partial charge on any atom is -0.489 e. The fourth-order valence-electron chi connectivity index (χ4n) is 1.99. The summed E-state index contributed by atoms with van der Waals surface area (Å²) >= 11 is 17.8.